The number of thioether (sulfide) groups is 2. The zero-order valence-electron chi connectivity index (χ0n) is 15.6. The minimum absolute atomic E-state index is 0.00754. The summed E-state index contributed by atoms with van der Waals surface area (Å²) in [4.78, 5) is 32.6. The molecular weight excluding hydrogens is 385 g/mol. The first-order valence-electron chi connectivity index (χ1n) is 8.93. The molecule has 3 rings (SSSR count). The van der Waals surface area contributed by atoms with Crippen LogP contribution in [0.2, 0.25) is 0 Å². The van der Waals surface area contributed by atoms with Gasteiger partial charge >= 0.3 is 0 Å². The summed E-state index contributed by atoms with van der Waals surface area (Å²) < 4.78 is 14.8. The molecule has 5 nitrogen and oxygen atoms in total. The van der Waals surface area contributed by atoms with Crippen molar-refractivity contribution in [2.24, 2.45) is 0 Å². The van der Waals surface area contributed by atoms with Gasteiger partial charge in [0.15, 0.2) is 5.16 Å². The van der Waals surface area contributed by atoms with E-state index in [0.29, 0.717) is 34.1 Å². The van der Waals surface area contributed by atoms with Crippen LogP contribution in [0.1, 0.15) is 26.5 Å². The van der Waals surface area contributed by atoms with Gasteiger partial charge in [0.1, 0.15) is 5.82 Å². The lowest BCUT2D eigenvalue weighted by molar-refractivity contribution is -0.127. The molecule has 0 aliphatic carbocycles. The fraction of sp³-hybridized carbons (Fsp3) is 0.421. The molecule has 0 saturated carbocycles. The summed E-state index contributed by atoms with van der Waals surface area (Å²) in [6.45, 7) is 7.23. The molecule has 0 spiro atoms. The quantitative estimate of drug-likeness (QED) is 0.543. The first-order valence-corrected chi connectivity index (χ1v) is 10.8. The number of fused-ring (bicyclic) bond motifs is 1. The molecule has 0 fully saturated rings. The summed E-state index contributed by atoms with van der Waals surface area (Å²) in [5.41, 5.74) is 1.18. The van der Waals surface area contributed by atoms with E-state index in [2.05, 4.69) is 11.9 Å². The van der Waals surface area contributed by atoms with Gasteiger partial charge in [-0.25, -0.2) is 9.37 Å². The Bertz CT molecular complexity index is 895. The fourth-order valence-corrected chi connectivity index (χ4v) is 5.04. The molecule has 2 aromatic rings. The molecule has 8 heteroatoms. The second-order valence-electron chi connectivity index (χ2n) is 6.27. The van der Waals surface area contributed by atoms with Crippen molar-refractivity contribution in [1.82, 2.24) is 14.5 Å². The van der Waals surface area contributed by atoms with E-state index in [1.165, 1.54) is 40.2 Å². The Kier molecular flexibility index (Phi) is 6.26. The van der Waals surface area contributed by atoms with Gasteiger partial charge in [0.25, 0.3) is 5.56 Å². The number of aromatic nitrogens is 2. The van der Waals surface area contributed by atoms with E-state index in [0.717, 1.165) is 12.1 Å². The highest BCUT2D eigenvalue weighted by atomic mass is 32.2. The maximum Gasteiger partial charge on any atom is 0.272 e. The van der Waals surface area contributed by atoms with Gasteiger partial charge in [-0.05, 0) is 38.1 Å². The molecular formula is C19H22FN3O2S2. The third-order valence-corrected chi connectivity index (χ3v) is 6.55. The Morgan fingerprint density at radius 3 is 2.63 bits per heavy atom. The van der Waals surface area contributed by atoms with Gasteiger partial charge in [-0.15, -0.1) is 11.8 Å². The summed E-state index contributed by atoms with van der Waals surface area (Å²) in [6, 6.07) is 5.76. The van der Waals surface area contributed by atoms with Gasteiger partial charge in [0.05, 0.1) is 22.0 Å². The topological polar surface area (TPSA) is 55.2 Å². The molecule has 0 N–H and O–H groups in total. The van der Waals surface area contributed by atoms with Crippen LogP contribution in [0.4, 0.5) is 4.39 Å². The van der Waals surface area contributed by atoms with E-state index in [4.69, 9.17) is 0 Å². The van der Waals surface area contributed by atoms with Gasteiger partial charge < -0.3 is 4.90 Å². The van der Waals surface area contributed by atoms with Crippen LogP contribution >= 0.6 is 23.5 Å². The average molecular weight is 408 g/mol. The minimum atomic E-state index is -0.366. The largest absolute Gasteiger partial charge is 0.343 e. The van der Waals surface area contributed by atoms with E-state index >= 15 is 0 Å². The van der Waals surface area contributed by atoms with Crippen molar-refractivity contribution in [2.45, 2.75) is 42.5 Å². The zero-order valence-corrected chi connectivity index (χ0v) is 17.2. The second kappa shape index (κ2) is 8.48. The number of carbonyl (C=O) groups is 1. The van der Waals surface area contributed by atoms with E-state index < -0.39 is 0 Å². The number of amides is 1. The number of rotatable bonds is 6. The van der Waals surface area contributed by atoms with Gasteiger partial charge in [-0.3, -0.25) is 14.2 Å². The van der Waals surface area contributed by atoms with Crippen LogP contribution in [0.5, 0.6) is 0 Å². The lowest BCUT2D eigenvalue weighted by atomic mass is 10.2. The number of carbonyl (C=O) groups excluding carboxylic acids is 1. The number of hydrogen-bond acceptors (Lipinski definition) is 5. The van der Waals surface area contributed by atoms with Crippen molar-refractivity contribution in [3.63, 3.8) is 0 Å². The molecule has 1 aromatic carbocycles. The minimum Gasteiger partial charge on any atom is -0.343 e. The van der Waals surface area contributed by atoms with Crippen molar-refractivity contribution in [3.05, 3.63) is 46.1 Å². The van der Waals surface area contributed by atoms with Gasteiger partial charge in [0.2, 0.25) is 5.91 Å². The Morgan fingerprint density at radius 1 is 1.33 bits per heavy atom. The van der Waals surface area contributed by atoms with Crippen molar-refractivity contribution in [3.8, 4) is 5.69 Å². The van der Waals surface area contributed by atoms with Crippen LogP contribution in [0.3, 0.4) is 0 Å². The molecule has 2 heterocycles. The molecule has 27 heavy (non-hydrogen) atoms. The normalized spacial score (nSPS) is 15.6. The molecule has 144 valence electrons. The van der Waals surface area contributed by atoms with E-state index in [1.54, 1.807) is 17.0 Å². The van der Waals surface area contributed by atoms with Crippen LogP contribution in [0, 0.1) is 5.82 Å². The zero-order chi connectivity index (χ0) is 19.6. The Hall–Kier alpha value is -1.80. The van der Waals surface area contributed by atoms with Crippen LogP contribution < -0.4 is 5.56 Å². The molecule has 1 atom stereocenters. The third kappa shape index (κ3) is 4.21. The molecule has 1 unspecified atom stereocenters. The SMILES string of the molecule is CCN(CC)C(=O)CSc1nc2c(c(=O)n1-c1ccc(F)cc1)SC(C)C2. The number of benzene rings is 1. The molecule has 1 aliphatic rings. The molecule has 0 radical (unpaired) electrons. The first-order chi connectivity index (χ1) is 12.9. The average Bonchev–Trinajstić information content (AvgIpc) is 3.03. The summed E-state index contributed by atoms with van der Waals surface area (Å²) in [5.74, 6) is -0.153. The Morgan fingerprint density at radius 2 is 2.00 bits per heavy atom. The third-order valence-electron chi connectivity index (χ3n) is 4.41. The summed E-state index contributed by atoms with van der Waals surface area (Å²) in [7, 11) is 0. The van der Waals surface area contributed by atoms with Crippen LogP contribution in [0.15, 0.2) is 39.1 Å². The van der Waals surface area contributed by atoms with E-state index in [9.17, 15) is 14.0 Å². The number of halogens is 1. The molecule has 1 aliphatic heterocycles. The maximum absolute atomic E-state index is 13.3. The summed E-state index contributed by atoms with van der Waals surface area (Å²) >= 11 is 2.77. The maximum atomic E-state index is 13.3. The van der Waals surface area contributed by atoms with Crippen molar-refractivity contribution in [2.75, 3.05) is 18.8 Å². The highest BCUT2D eigenvalue weighted by Gasteiger charge is 2.27. The van der Waals surface area contributed by atoms with Crippen molar-refractivity contribution in [1.29, 1.82) is 0 Å². The second-order valence-corrected chi connectivity index (χ2v) is 8.67. The standard InChI is InChI=1S/C19H22FN3O2S2/c1-4-22(5-2)16(24)11-26-19-21-15-10-12(3)27-17(15)18(25)23(19)14-8-6-13(20)7-9-14/h6-9,12H,4-5,10-11H2,1-3H3. The van der Waals surface area contributed by atoms with E-state index in [-0.39, 0.29) is 23.0 Å². The molecule has 0 saturated heterocycles. The predicted octanol–water partition coefficient (Wildman–Crippen LogP) is 3.37. The lowest BCUT2D eigenvalue weighted by Crippen LogP contribution is -2.32. The summed E-state index contributed by atoms with van der Waals surface area (Å²) in [6.07, 6.45) is 0.733. The van der Waals surface area contributed by atoms with Gasteiger partial charge in [0, 0.05) is 24.8 Å². The smallest absolute Gasteiger partial charge is 0.272 e. The lowest BCUT2D eigenvalue weighted by Gasteiger charge is -2.19. The van der Waals surface area contributed by atoms with Crippen LogP contribution in [0.25, 0.3) is 5.69 Å². The number of hydrogen-bond donors (Lipinski definition) is 0. The highest BCUT2D eigenvalue weighted by molar-refractivity contribution is 8.00. The Balaban J connectivity index is 2.00. The van der Waals surface area contributed by atoms with Crippen LogP contribution in [-0.4, -0.2) is 44.5 Å². The van der Waals surface area contributed by atoms with Crippen molar-refractivity contribution >= 4 is 29.4 Å². The van der Waals surface area contributed by atoms with Gasteiger partial charge in [-0.1, -0.05) is 18.7 Å². The van der Waals surface area contributed by atoms with Crippen LogP contribution in [-0.2, 0) is 11.2 Å². The van der Waals surface area contributed by atoms with Gasteiger partial charge in [-0.2, -0.15) is 0 Å². The molecule has 1 aromatic heterocycles. The number of nitrogens with zero attached hydrogens (tertiary/aromatic N) is 3. The van der Waals surface area contributed by atoms with Crippen molar-refractivity contribution < 1.29 is 9.18 Å². The monoisotopic (exact) mass is 407 g/mol. The highest BCUT2D eigenvalue weighted by Crippen LogP contribution is 2.34. The molecule has 0 bridgehead atoms. The molecule has 1 amide bonds. The van der Waals surface area contributed by atoms with E-state index in [1.807, 2.05) is 13.8 Å². The first kappa shape index (κ1) is 19.9. The summed E-state index contributed by atoms with van der Waals surface area (Å²) in [5, 5.41) is 0.764. The Labute approximate surface area is 166 Å². The predicted molar refractivity (Wildman–Crippen MR) is 107 cm³/mol. The fourth-order valence-electron chi connectivity index (χ4n) is 3.01.